The first-order valence-corrected chi connectivity index (χ1v) is 35.8. The molecule has 0 rings (SSSR count). The van der Waals surface area contributed by atoms with E-state index in [1.165, 1.54) is 44.9 Å². The summed E-state index contributed by atoms with van der Waals surface area (Å²) in [6, 6.07) is 0. The molecule has 5 unspecified atom stereocenters. The van der Waals surface area contributed by atoms with Crippen LogP contribution in [0, 0.1) is 0 Å². The molecule has 0 heterocycles. The van der Waals surface area contributed by atoms with Crippen molar-refractivity contribution in [3.63, 3.8) is 0 Å². The van der Waals surface area contributed by atoms with E-state index in [9.17, 15) is 43.5 Å². The third kappa shape index (κ3) is 63.3. The Balaban J connectivity index is 4.75. The number of carbonyl (C=O) groups is 3. The molecule has 0 bridgehead atoms. The number of hydrogen-bond donors (Lipinski definition) is 4. The van der Waals surface area contributed by atoms with Crippen molar-refractivity contribution in [1.29, 1.82) is 0 Å². The van der Waals surface area contributed by atoms with E-state index in [2.05, 4.69) is 124 Å². The van der Waals surface area contributed by atoms with Gasteiger partial charge in [0.1, 0.15) is 25.4 Å². The van der Waals surface area contributed by atoms with E-state index in [1.54, 1.807) is 0 Å². The lowest BCUT2D eigenvalue weighted by Gasteiger charge is -2.21. The van der Waals surface area contributed by atoms with Crippen LogP contribution in [0.1, 0.15) is 239 Å². The number of phosphoric ester groups is 2. The highest BCUT2D eigenvalue weighted by atomic mass is 31.2. The van der Waals surface area contributed by atoms with E-state index in [0.29, 0.717) is 25.7 Å². The molecular weight excluding hydrogens is 1150 g/mol. The van der Waals surface area contributed by atoms with Crippen molar-refractivity contribution in [2.75, 3.05) is 39.6 Å². The summed E-state index contributed by atoms with van der Waals surface area (Å²) >= 11 is 0. The standard InChI is InChI=1S/C69H116O16P2/c1-4-7-10-13-16-19-22-25-27-29-31-33-35-38-40-43-46-49-52-55-67(72)79-58-64(70)59-81-86(75,76)82-60-65(71)61-83-87(77,78)84-63-66(85-69(74)57-54-51-48-45-42-37-24-21-18-15-12-9-6-3)62-80-68(73)56-53-50-47-44-41-39-36-34-32-30-28-26-23-20-17-14-11-8-5-2/h7,10,16-17,19-21,24-28,31-34,38,40,46,49,64-66,70-71H,4-6,8-9,11-15,18,22-23,29-30,35-37,39,41-45,47-48,50-63H2,1-3H3,(H,75,76)(H,77,78)/b10-7-,19-16-,20-17-,24-21-,27-25-,28-26-,33-31-,34-32-,40-38-,49-46-. The van der Waals surface area contributed by atoms with Crippen LogP contribution in [0.25, 0.3) is 0 Å². The number of allylic oxidation sites excluding steroid dienone is 20. The van der Waals surface area contributed by atoms with Crippen LogP contribution in [-0.2, 0) is 55.8 Å². The average molecular weight is 1260 g/mol. The van der Waals surface area contributed by atoms with Crippen molar-refractivity contribution in [2.24, 2.45) is 0 Å². The number of esters is 3. The van der Waals surface area contributed by atoms with E-state index >= 15 is 0 Å². The zero-order valence-electron chi connectivity index (χ0n) is 53.6. The summed E-state index contributed by atoms with van der Waals surface area (Å²) < 4.78 is 60.7. The largest absolute Gasteiger partial charge is 0.472 e. The van der Waals surface area contributed by atoms with Gasteiger partial charge >= 0.3 is 33.6 Å². The molecule has 0 fully saturated rings. The maximum absolute atomic E-state index is 12.9. The van der Waals surface area contributed by atoms with Gasteiger partial charge in [-0.3, -0.25) is 32.5 Å². The van der Waals surface area contributed by atoms with Crippen molar-refractivity contribution < 1.29 is 75.8 Å². The van der Waals surface area contributed by atoms with E-state index in [1.807, 2.05) is 18.2 Å². The molecule has 5 atom stereocenters. The van der Waals surface area contributed by atoms with Crippen LogP contribution < -0.4 is 0 Å². The Labute approximate surface area is 525 Å². The highest BCUT2D eigenvalue weighted by Gasteiger charge is 2.29. The molecule has 0 amide bonds. The second-order valence-electron chi connectivity index (χ2n) is 21.5. The SMILES string of the molecule is CC/C=C\C/C=C\C/C=C\C/C=C\C/C=C\C/C=C\CCC(=O)OCC(O)COP(=O)(O)OCC(O)COP(=O)(O)OCC(COC(=O)CCCCCCCC/C=C\C/C=C\C/C=C\CCCCC)OC(=O)CCCCCCC/C=C\CCCCCC. The third-order valence-electron chi connectivity index (χ3n) is 13.2. The topological polar surface area (TPSA) is 231 Å². The molecule has 0 aliphatic carbocycles. The number of unbranched alkanes of at least 4 members (excludes halogenated alkanes) is 18. The fourth-order valence-corrected chi connectivity index (χ4v) is 9.71. The number of aliphatic hydroxyl groups is 2. The van der Waals surface area contributed by atoms with Crippen LogP contribution >= 0.6 is 15.6 Å². The van der Waals surface area contributed by atoms with E-state index in [4.69, 9.17) is 32.3 Å². The first-order chi connectivity index (χ1) is 42.2. The van der Waals surface area contributed by atoms with Crippen molar-refractivity contribution in [1.82, 2.24) is 0 Å². The number of carbonyl (C=O) groups excluding carboxylic acids is 3. The fraction of sp³-hybridized carbons (Fsp3) is 0.667. The van der Waals surface area contributed by atoms with Gasteiger partial charge in [0, 0.05) is 19.3 Å². The predicted molar refractivity (Wildman–Crippen MR) is 353 cm³/mol. The zero-order valence-corrected chi connectivity index (χ0v) is 55.4. The second kappa shape index (κ2) is 62.2. The van der Waals surface area contributed by atoms with Gasteiger partial charge in [0.25, 0.3) is 0 Å². The minimum atomic E-state index is -4.93. The van der Waals surface area contributed by atoms with E-state index in [0.717, 1.165) is 128 Å². The van der Waals surface area contributed by atoms with E-state index < -0.39 is 91.5 Å². The average Bonchev–Trinajstić information content (AvgIpc) is 3.63. The van der Waals surface area contributed by atoms with Gasteiger partial charge in [-0.25, -0.2) is 9.13 Å². The molecule has 0 radical (unpaired) electrons. The molecule has 87 heavy (non-hydrogen) atoms. The first-order valence-electron chi connectivity index (χ1n) is 32.8. The Morgan fingerprint density at radius 1 is 0.333 bits per heavy atom. The van der Waals surface area contributed by atoms with Gasteiger partial charge in [-0.05, 0) is 122 Å². The molecule has 0 saturated carbocycles. The van der Waals surface area contributed by atoms with Crippen LogP contribution in [0.15, 0.2) is 122 Å². The molecule has 498 valence electrons. The van der Waals surface area contributed by atoms with Crippen LogP contribution in [0.2, 0.25) is 0 Å². The Morgan fingerprint density at radius 2 is 0.632 bits per heavy atom. The van der Waals surface area contributed by atoms with Gasteiger partial charge in [-0.1, -0.05) is 219 Å². The van der Waals surface area contributed by atoms with Crippen molar-refractivity contribution in [3.8, 4) is 0 Å². The Kier molecular flexibility index (Phi) is 59.3. The van der Waals surface area contributed by atoms with Crippen molar-refractivity contribution >= 4 is 33.6 Å². The Morgan fingerprint density at radius 3 is 1.07 bits per heavy atom. The monoisotopic (exact) mass is 1260 g/mol. The Bertz CT molecular complexity index is 2070. The minimum absolute atomic E-state index is 0.0571. The lowest BCUT2D eigenvalue weighted by Crippen LogP contribution is -2.30. The Hall–Kier alpha value is -4.05. The summed E-state index contributed by atoms with van der Waals surface area (Å²) in [7, 11) is -9.80. The summed E-state index contributed by atoms with van der Waals surface area (Å²) in [5.74, 6) is -1.69. The van der Waals surface area contributed by atoms with Crippen LogP contribution in [0.4, 0.5) is 0 Å². The quantitative estimate of drug-likeness (QED) is 0.0146. The molecule has 0 aromatic heterocycles. The highest BCUT2D eigenvalue weighted by Crippen LogP contribution is 2.45. The summed E-state index contributed by atoms with van der Waals surface area (Å²) in [6.07, 6.45) is 69.8. The smallest absolute Gasteiger partial charge is 0.463 e. The van der Waals surface area contributed by atoms with Gasteiger partial charge in [0.05, 0.1) is 26.4 Å². The highest BCUT2D eigenvalue weighted by molar-refractivity contribution is 7.47. The van der Waals surface area contributed by atoms with Crippen LogP contribution in [0.5, 0.6) is 0 Å². The molecule has 0 aliphatic rings. The fourth-order valence-electron chi connectivity index (χ4n) is 8.12. The number of rotatable bonds is 61. The minimum Gasteiger partial charge on any atom is -0.463 e. The van der Waals surface area contributed by atoms with Crippen LogP contribution in [0.3, 0.4) is 0 Å². The lowest BCUT2D eigenvalue weighted by molar-refractivity contribution is -0.161. The lowest BCUT2D eigenvalue weighted by atomic mass is 10.1. The van der Waals surface area contributed by atoms with Gasteiger partial charge in [0.2, 0.25) is 0 Å². The summed E-state index contributed by atoms with van der Waals surface area (Å²) in [4.78, 5) is 58.2. The molecule has 16 nitrogen and oxygen atoms in total. The molecule has 4 N–H and O–H groups in total. The molecule has 0 aliphatic heterocycles. The predicted octanol–water partition coefficient (Wildman–Crippen LogP) is 17.9. The van der Waals surface area contributed by atoms with Gasteiger partial charge in [-0.15, -0.1) is 0 Å². The molecule has 0 saturated heterocycles. The zero-order chi connectivity index (χ0) is 63.8. The van der Waals surface area contributed by atoms with Crippen LogP contribution in [-0.4, -0.2) is 95.9 Å². The molecule has 0 aromatic carbocycles. The number of hydrogen-bond acceptors (Lipinski definition) is 14. The maximum Gasteiger partial charge on any atom is 0.472 e. The van der Waals surface area contributed by atoms with Gasteiger partial charge < -0.3 is 34.2 Å². The molecular formula is C69H116O16P2. The maximum atomic E-state index is 12.9. The van der Waals surface area contributed by atoms with Gasteiger partial charge in [-0.2, -0.15) is 0 Å². The molecule has 18 heteroatoms. The summed E-state index contributed by atoms with van der Waals surface area (Å²) in [5, 5.41) is 20.5. The summed E-state index contributed by atoms with van der Waals surface area (Å²) in [5.41, 5.74) is 0. The summed E-state index contributed by atoms with van der Waals surface area (Å²) in [6.45, 7) is 2.37. The van der Waals surface area contributed by atoms with Gasteiger partial charge in [0.15, 0.2) is 6.10 Å². The third-order valence-corrected chi connectivity index (χ3v) is 15.1. The number of ether oxygens (including phenoxy) is 3. The van der Waals surface area contributed by atoms with Crippen molar-refractivity contribution in [3.05, 3.63) is 122 Å². The van der Waals surface area contributed by atoms with E-state index in [-0.39, 0.29) is 19.3 Å². The number of aliphatic hydroxyl groups excluding tert-OH is 2. The molecule has 0 spiro atoms. The first kappa shape index (κ1) is 83.0. The normalized spacial score (nSPS) is 15.1. The number of phosphoric acid groups is 2. The second-order valence-corrected chi connectivity index (χ2v) is 24.4. The molecule has 0 aromatic rings. The van der Waals surface area contributed by atoms with Crippen molar-refractivity contribution in [2.45, 2.75) is 257 Å².